The average molecular weight is 695 g/mol. The van der Waals surface area contributed by atoms with Gasteiger partial charge in [0.05, 0.1) is 23.7 Å². The molecule has 1 aliphatic rings. The Bertz CT molecular complexity index is 1550. The van der Waals surface area contributed by atoms with Crippen LogP contribution in [0.5, 0.6) is 0 Å². The van der Waals surface area contributed by atoms with Crippen molar-refractivity contribution in [3.8, 4) is 0 Å². The molecular formula is C31H35F9N6O2. The van der Waals surface area contributed by atoms with Crippen molar-refractivity contribution in [2.75, 3.05) is 22.9 Å². The van der Waals surface area contributed by atoms with E-state index in [2.05, 4.69) is 15.4 Å². The minimum absolute atomic E-state index is 0.00361. The van der Waals surface area contributed by atoms with E-state index in [9.17, 15) is 44.3 Å². The number of tetrazole rings is 1. The number of carbonyl (C=O) groups is 1. The average Bonchev–Trinajstić information content (AvgIpc) is 3.41. The number of aryl methyl sites for hydroxylation is 2. The molecule has 1 aromatic heterocycles. The van der Waals surface area contributed by atoms with Crippen molar-refractivity contribution in [3.63, 3.8) is 0 Å². The van der Waals surface area contributed by atoms with Crippen molar-refractivity contribution >= 4 is 17.6 Å². The number of carboxylic acid groups (broad SMARTS) is 1. The number of hydrogen-bond acceptors (Lipinski definition) is 6. The minimum atomic E-state index is -5.11. The first-order valence-corrected chi connectivity index (χ1v) is 15.2. The Morgan fingerprint density at radius 3 is 1.92 bits per heavy atom. The molecule has 0 amide bonds. The number of aromatic nitrogens is 4. The van der Waals surface area contributed by atoms with Crippen molar-refractivity contribution in [2.24, 2.45) is 18.9 Å². The summed E-state index contributed by atoms with van der Waals surface area (Å²) in [5.74, 6) is -0.933. The predicted octanol–water partition coefficient (Wildman–Crippen LogP) is 7.89. The summed E-state index contributed by atoms with van der Waals surface area (Å²) in [5, 5.41) is 20.8. The summed E-state index contributed by atoms with van der Waals surface area (Å²) in [5.41, 5.74) is -4.00. The molecule has 1 fully saturated rings. The first-order valence-electron chi connectivity index (χ1n) is 15.2. The van der Waals surface area contributed by atoms with E-state index >= 15 is 0 Å². The van der Waals surface area contributed by atoms with Gasteiger partial charge in [0.2, 0.25) is 0 Å². The molecule has 264 valence electrons. The molecule has 0 bridgehead atoms. The van der Waals surface area contributed by atoms with Crippen LogP contribution in [0.2, 0.25) is 0 Å². The van der Waals surface area contributed by atoms with Crippen LogP contribution in [0.15, 0.2) is 30.3 Å². The molecule has 2 aromatic carbocycles. The Morgan fingerprint density at radius 2 is 1.44 bits per heavy atom. The zero-order chi connectivity index (χ0) is 35.6. The van der Waals surface area contributed by atoms with E-state index in [0.717, 1.165) is 23.7 Å². The molecular weight excluding hydrogens is 659 g/mol. The molecule has 0 unspecified atom stereocenters. The molecule has 48 heavy (non-hydrogen) atoms. The summed E-state index contributed by atoms with van der Waals surface area (Å²) in [7, 11) is 1.38. The molecule has 1 aliphatic carbocycles. The first-order chi connectivity index (χ1) is 22.2. The lowest BCUT2D eigenvalue weighted by atomic mass is 9.80. The van der Waals surface area contributed by atoms with E-state index in [1.165, 1.54) is 24.9 Å². The molecule has 1 saturated carbocycles. The lowest BCUT2D eigenvalue weighted by molar-refractivity contribution is -0.143. The van der Waals surface area contributed by atoms with Crippen LogP contribution in [0.1, 0.15) is 72.4 Å². The molecule has 0 radical (unpaired) electrons. The molecule has 1 N–H and O–H groups in total. The number of alkyl halides is 9. The van der Waals surface area contributed by atoms with Gasteiger partial charge in [-0.3, -0.25) is 4.79 Å². The number of rotatable bonds is 11. The van der Waals surface area contributed by atoms with Crippen molar-refractivity contribution in [1.82, 2.24) is 20.2 Å². The van der Waals surface area contributed by atoms with E-state index in [1.807, 2.05) is 11.8 Å². The van der Waals surface area contributed by atoms with E-state index in [-0.39, 0.29) is 41.4 Å². The monoisotopic (exact) mass is 694 g/mol. The standard InChI is InChI=1S/C31H35F9N6O2/c1-4-45(15-20-7-5-19(6-8-20)12-27(47)48)26-9-18(2)25(31(38,39)40)13-22(26)17-46(28-41-43-44(3)42-28)16-21-10-23(29(32,33)34)14-24(11-21)30(35,36)37/h9-11,13-14,19-20H,4-8,12,15-17H2,1-3H3,(H,47,48)/t19-,20+. The molecule has 0 atom stereocenters. The van der Waals surface area contributed by atoms with Crippen molar-refractivity contribution in [1.29, 1.82) is 0 Å². The van der Waals surface area contributed by atoms with E-state index in [1.54, 1.807) is 0 Å². The van der Waals surface area contributed by atoms with Crippen molar-refractivity contribution in [2.45, 2.75) is 77.6 Å². The highest BCUT2D eigenvalue weighted by Crippen LogP contribution is 2.40. The SMILES string of the molecule is CCN(C[C@H]1CC[C@@H](CC(=O)O)CC1)c1cc(C)c(C(F)(F)F)cc1CN(Cc1cc(C(F)(F)F)cc(C(F)(F)F)c1)c1nnn(C)n1. The smallest absolute Gasteiger partial charge is 0.416 e. The van der Waals surface area contributed by atoms with Gasteiger partial charge in [0.1, 0.15) is 0 Å². The number of aliphatic carboxylic acids is 1. The van der Waals surface area contributed by atoms with Gasteiger partial charge in [0.15, 0.2) is 0 Å². The minimum Gasteiger partial charge on any atom is -0.481 e. The largest absolute Gasteiger partial charge is 0.481 e. The quantitative estimate of drug-likeness (QED) is 0.204. The second-order valence-corrected chi connectivity index (χ2v) is 12.2. The Labute approximate surface area is 270 Å². The van der Waals surface area contributed by atoms with Gasteiger partial charge in [-0.1, -0.05) is 5.10 Å². The van der Waals surface area contributed by atoms with Gasteiger partial charge in [0.25, 0.3) is 5.95 Å². The Kier molecular flexibility index (Phi) is 10.9. The van der Waals surface area contributed by atoms with Crippen LogP contribution in [0.4, 0.5) is 51.1 Å². The van der Waals surface area contributed by atoms with E-state index < -0.39 is 59.8 Å². The number of nitrogens with zero attached hydrogens (tertiary/aromatic N) is 6. The van der Waals surface area contributed by atoms with Crippen LogP contribution in [-0.4, -0.2) is 44.4 Å². The number of benzene rings is 2. The summed E-state index contributed by atoms with van der Waals surface area (Å²) in [4.78, 5) is 15.2. The van der Waals surface area contributed by atoms with Gasteiger partial charge in [-0.25, -0.2) is 0 Å². The summed E-state index contributed by atoms with van der Waals surface area (Å²) in [6.45, 7) is 2.91. The maximum atomic E-state index is 14.1. The van der Waals surface area contributed by atoms with Gasteiger partial charge in [-0.2, -0.15) is 44.3 Å². The molecule has 0 aliphatic heterocycles. The normalized spacial score (nSPS) is 17.4. The van der Waals surface area contributed by atoms with Gasteiger partial charge in [-0.15, -0.1) is 5.10 Å². The lowest BCUT2D eigenvalue weighted by Gasteiger charge is -2.35. The highest BCUT2D eigenvalue weighted by atomic mass is 19.4. The third-order valence-electron chi connectivity index (χ3n) is 8.52. The highest BCUT2D eigenvalue weighted by Gasteiger charge is 2.38. The summed E-state index contributed by atoms with van der Waals surface area (Å²) in [6, 6.07) is 3.42. The number of anilines is 2. The first kappa shape index (κ1) is 36.8. The molecule has 0 saturated heterocycles. The third-order valence-corrected chi connectivity index (χ3v) is 8.52. The summed E-state index contributed by atoms with van der Waals surface area (Å²) < 4.78 is 124. The molecule has 1 heterocycles. The predicted molar refractivity (Wildman–Crippen MR) is 157 cm³/mol. The molecule has 0 spiro atoms. The molecule has 4 rings (SSSR count). The van der Waals surface area contributed by atoms with Gasteiger partial charge in [0, 0.05) is 38.3 Å². The second-order valence-electron chi connectivity index (χ2n) is 12.2. The summed E-state index contributed by atoms with van der Waals surface area (Å²) in [6.07, 6.45) is -12.1. The topological polar surface area (TPSA) is 87.4 Å². The Hall–Kier alpha value is -4.05. The van der Waals surface area contributed by atoms with Gasteiger partial charge < -0.3 is 14.9 Å². The van der Waals surface area contributed by atoms with Crippen LogP contribution < -0.4 is 9.80 Å². The summed E-state index contributed by atoms with van der Waals surface area (Å²) >= 11 is 0. The third kappa shape index (κ3) is 9.30. The van der Waals surface area contributed by atoms with Crippen LogP contribution in [0, 0.1) is 18.8 Å². The molecule has 17 heteroatoms. The zero-order valence-electron chi connectivity index (χ0n) is 26.3. The number of hydrogen-bond donors (Lipinski definition) is 1. The second kappa shape index (κ2) is 14.2. The number of halogens is 9. The fraction of sp³-hybridized carbons (Fsp3) is 0.548. The van der Waals surface area contributed by atoms with Crippen LogP contribution in [0.25, 0.3) is 0 Å². The van der Waals surface area contributed by atoms with Crippen LogP contribution in [0.3, 0.4) is 0 Å². The fourth-order valence-corrected chi connectivity index (χ4v) is 6.17. The molecule has 3 aromatic rings. The Balaban J connectivity index is 1.75. The van der Waals surface area contributed by atoms with Crippen molar-refractivity contribution < 1.29 is 49.4 Å². The van der Waals surface area contributed by atoms with E-state index in [0.29, 0.717) is 43.8 Å². The zero-order valence-corrected chi connectivity index (χ0v) is 26.3. The maximum absolute atomic E-state index is 14.1. The Morgan fingerprint density at radius 1 is 0.854 bits per heavy atom. The van der Waals surface area contributed by atoms with Crippen molar-refractivity contribution in [3.05, 3.63) is 63.7 Å². The van der Waals surface area contributed by atoms with Crippen LogP contribution in [-0.2, 0) is 43.5 Å². The van der Waals surface area contributed by atoms with Gasteiger partial charge in [-0.05, 0) is 104 Å². The molecule has 8 nitrogen and oxygen atoms in total. The number of carboxylic acids is 1. The fourth-order valence-electron chi connectivity index (χ4n) is 6.17. The van der Waals surface area contributed by atoms with E-state index in [4.69, 9.17) is 5.11 Å². The van der Waals surface area contributed by atoms with Gasteiger partial charge >= 0.3 is 24.5 Å². The lowest BCUT2D eigenvalue weighted by Crippen LogP contribution is -2.33. The van der Waals surface area contributed by atoms with Crippen LogP contribution >= 0.6 is 0 Å². The highest BCUT2D eigenvalue weighted by molar-refractivity contribution is 5.67. The maximum Gasteiger partial charge on any atom is 0.416 e.